The number of pyridine rings is 1. The van der Waals surface area contributed by atoms with Crippen LogP contribution in [-0.2, 0) is 46.7 Å². The molecule has 2 aromatic carbocycles. The Hall–Kier alpha value is -4.54. The molecule has 43 heavy (non-hydrogen) atoms. The second kappa shape index (κ2) is 13.2. The number of methoxy groups -OCH3 is 1. The first kappa shape index (κ1) is 28.6. The van der Waals surface area contributed by atoms with Crippen molar-refractivity contribution in [2.45, 2.75) is 39.3 Å². The molecule has 1 saturated heterocycles. The number of rotatable bonds is 11. The summed E-state index contributed by atoms with van der Waals surface area (Å²) in [7, 11) is 1.64. The lowest BCUT2D eigenvalue weighted by Crippen LogP contribution is -2.37. The van der Waals surface area contributed by atoms with Gasteiger partial charge >= 0.3 is 0 Å². The van der Waals surface area contributed by atoms with Crippen molar-refractivity contribution in [1.29, 1.82) is 0 Å². The van der Waals surface area contributed by atoms with Crippen LogP contribution in [0.5, 0.6) is 0 Å². The van der Waals surface area contributed by atoms with Crippen molar-refractivity contribution in [2.75, 3.05) is 38.3 Å². The lowest BCUT2D eigenvalue weighted by Gasteiger charge is -2.28. The van der Waals surface area contributed by atoms with Gasteiger partial charge in [0.15, 0.2) is 11.6 Å². The zero-order valence-corrected chi connectivity index (χ0v) is 24.6. The number of fused-ring (bicyclic) bond motifs is 1. The fraction of sp³-hybridized carbons (Fsp3) is 0.333. The van der Waals surface area contributed by atoms with Gasteiger partial charge < -0.3 is 14.4 Å². The molecule has 0 N–H and O–H groups in total. The maximum absolute atomic E-state index is 12.8. The number of nitrogens with zero attached hydrogens (tertiary/aromatic N) is 7. The number of ketones is 1. The van der Waals surface area contributed by atoms with E-state index in [0.717, 1.165) is 64.3 Å². The summed E-state index contributed by atoms with van der Waals surface area (Å²) >= 11 is 0. The van der Waals surface area contributed by atoms with E-state index in [1.165, 1.54) is 5.56 Å². The zero-order valence-electron chi connectivity index (χ0n) is 24.6. The van der Waals surface area contributed by atoms with Gasteiger partial charge in [-0.25, -0.2) is 14.6 Å². The summed E-state index contributed by atoms with van der Waals surface area (Å²) in [6.45, 7) is 5.80. The summed E-state index contributed by atoms with van der Waals surface area (Å²) in [5.74, 6) is 1.60. The standard InChI is InChI=1S/C33H35N7O3/c1-3-23-4-6-24(7-5-23)16-29(41)17-25-8-10-27(11-9-25)32-35-30-18-26(20-40-21-28(22-42-2)37-38-40)19-34-31(30)33(36-32)39-12-14-43-15-13-39/h4-11,18-19,21H,3,12-17,20,22H2,1-2H3. The van der Waals surface area contributed by atoms with Crippen LogP contribution in [0, 0.1) is 0 Å². The Kier molecular flexibility index (Phi) is 8.76. The maximum Gasteiger partial charge on any atom is 0.162 e. The van der Waals surface area contributed by atoms with Gasteiger partial charge in [0, 0.05) is 44.8 Å². The molecule has 10 nitrogen and oxygen atoms in total. The first-order valence-corrected chi connectivity index (χ1v) is 14.6. The number of carbonyl (C=O) groups is 1. The number of benzene rings is 2. The molecule has 10 heteroatoms. The smallest absolute Gasteiger partial charge is 0.162 e. The molecule has 220 valence electrons. The number of hydrogen-bond donors (Lipinski definition) is 0. The van der Waals surface area contributed by atoms with E-state index in [4.69, 9.17) is 24.4 Å². The molecule has 4 heterocycles. The fourth-order valence-electron chi connectivity index (χ4n) is 5.26. The molecule has 0 atom stereocenters. The van der Waals surface area contributed by atoms with Crippen molar-refractivity contribution >= 4 is 22.6 Å². The molecule has 0 saturated carbocycles. The third-order valence-electron chi connectivity index (χ3n) is 7.55. The Balaban J connectivity index is 1.24. The highest BCUT2D eigenvalue weighted by Gasteiger charge is 2.20. The molecule has 0 radical (unpaired) electrons. The van der Waals surface area contributed by atoms with Crippen molar-refractivity contribution in [2.24, 2.45) is 0 Å². The van der Waals surface area contributed by atoms with E-state index in [0.29, 0.717) is 45.0 Å². The minimum absolute atomic E-state index is 0.189. The number of carbonyl (C=O) groups excluding carboxylic acids is 1. The Morgan fingerprint density at radius 3 is 2.33 bits per heavy atom. The predicted molar refractivity (Wildman–Crippen MR) is 164 cm³/mol. The molecule has 0 aliphatic carbocycles. The number of Topliss-reactive ketones (excluding diaryl/α,β-unsaturated/α-hetero) is 1. The van der Waals surface area contributed by atoms with E-state index in [9.17, 15) is 4.79 Å². The lowest BCUT2D eigenvalue weighted by atomic mass is 10.0. The minimum atomic E-state index is 0.189. The monoisotopic (exact) mass is 577 g/mol. The summed E-state index contributed by atoms with van der Waals surface area (Å²) in [6.07, 6.45) is 5.52. The minimum Gasteiger partial charge on any atom is -0.378 e. The van der Waals surface area contributed by atoms with E-state index < -0.39 is 0 Å². The number of aromatic nitrogens is 6. The number of anilines is 1. The molecule has 0 unspecified atom stereocenters. The van der Waals surface area contributed by atoms with Gasteiger partial charge in [-0.15, -0.1) is 5.10 Å². The second-order valence-corrected chi connectivity index (χ2v) is 10.8. The van der Waals surface area contributed by atoms with E-state index in [1.807, 2.05) is 54.9 Å². The van der Waals surface area contributed by atoms with E-state index in [-0.39, 0.29) is 5.78 Å². The van der Waals surface area contributed by atoms with Crippen LogP contribution in [0.3, 0.4) is 0 Å². The molecular weight excluding hydrogens is 542 g/mol. The molecule has 1 aliphatic heterocycles. The normalized spacial score (nSPS) is 13.5. The molecule has 5 aromatic rings. The van der Waals surface area contributed by atoms with Crippen LogP contribution in [0.15, 0.2) is 67.0 Å². The van der Waals surface area contributed by atoms with E-state index in [1.54, 1.807) is 11.8 Å². The van der Waals surface area contributed by atoms with Gasteiger partial charge in [-0.2, -0.15) is 0 Å². The quantitative estimate of drug-likeness (QED) is 0.228. The van der Waals surface area contributed by atoms with Crippen LogP contribution in [0.4, 0.5) is 5.82 Å². The van der Waals surface area contributed by atoms with Crippen molar-refractivity contribution in [1.82, 2.24) is 29.9 Å². The maximum atomic E-state index is 12.8. The average molecular weight is 578 g/mol. The molecule has 0 bridgehead atoms. The summed E-state index contributed by atoms with van der Waals surface area (Å²) in [5.41, 5.74) is 7.41. The third kappa shape index (κ3) is 6.93. The van der Waals surface area contributed by atoms with Crippen LogP contribution < -0.4 is 4.90 Å². The van der Waals surface area contributed by atoms with Gasteiger partial charge in [-0.1, -0.05) is 60.7 Å². The van der Waals surface area contributed by atoms with Gasteiger partial charge in [-0.05, 0) is 34.7 Å². The van der Waals surface area contributed by atoms with Gasteiger partial charge in [0.2, 0.25) is 0 Å². The molecule has 3 aromatic heterocycles. The SMILES string of the molecule is CCc1ccc(CC(=O)Cc2ccc(-c3nc(N4CCOCC4)c4ncc(Cn5cc(COC)nn5)cc4n3)cc2)cc1. The summed E-state index contributed by atoms with van der Waals surface area (Å²) in [6, 6.07) is 18.3. The van der Waals surface area contributed by atoms with Gasteiger partial charge in [0.25, 0.3) is 0 Å². The molecule has 1 fully saturated rings. The largest absolute Gasteiger partial charge is 0.378 e. The number of hydrogen-bond acceptors (Lipinski definition) is 9. The lowest BCUT2D eigenvalue weighted by molar-refractivity contribution is -0.117. The molecule has 0 spiro atoms. The summed E-state index contributed by atoms with van der Waals surface area (Å²) < 4.78 is 12.5. The zero-order chi connectivity index (χ0) is 29.6. The number of aryl methyl sites for hydroxylation is 1. The van der Waals surface area contributed by atoms with Crippen molar-refractivity contribution < 1.29 is 14.3 Å². The molecular formula is C33H35N7O3. The van der Waals surface area contributed by atoms with Crippen LogP contribution in [-0.4, -0.2) is 69.1 Å². The van der Waals surface area contributed by atoms with Crippen LogP contribution in [0.2, 0.25) is 0 Å². The Morgan fingerprint density at radius 1 is 0.930 bits per heavy atom. The van der Waals surface area contributed by atoms with Crippen molar-refractivity contribution in [3.63, 3.8) is 0 Å². The number of ether oxygens (including phenoxy) is 2. The van der Waals surface area contributed by atoms with Crippen LogP contribution >= 0.6 is 0 Å². The third-order valence-corrected chi connectivity index (χ3v) is 7.55. The fourth-order valence-corrected chi connectivity index (χ4v) is 5.26. The Morgan fingerprint density at radius 2 is 1.63 bits per heavy atom. The van der Waals surface area contributed by atoms with Gasteiger partial charge in [0.05, 0.1) is 38.1 Å². The highest BCUT2D eigenvalue weighted by Crippen LogP contribution is 2.28. The highest BCUT2D eigenvalue weighted by atomic mass is 16.5. The topological polar surface area (TPSA) is 108 Å². The summed E-state index contributed by atoms with van der Waals surface area (Å²) in [5, 5.41) is 8.35. The Labute approximate surface area is 250 Å². The second-order valence-electron chi connectivity index (χ2n) is 10.8. The van der Waals surface area contributed by atoms with E-state index >= 15 is 0 Å². The highest BCUT2D eigenvalue weighted by molar-refractivity contribution is 5.88. The molecule has 1 aliphatic rings. The molecule has 0 amide bonds. The van der Waals surface area contributed by atoms with Crippen molar-refractivity contribution in [3.05, 3.63) is 94.9 Å². The average Bonchev–Trinajstić information content (AvgIpc) is 3.48. The Bertz CT molecular complexity index is 1690. The van der Waals surface area contributed by atoms with E-state index in [2.05, 4.69) is 34.3 Å². The van der Waals surface area contributed by atoms with Gasteiger partial charge in [-0.3, -0.25) is 9.78 Å². The predicted octanol–water partition coefficient (Wildman–Crippen LogP) is 4.23. The molecule has 6 rings (SSSR count). The van der Waals surface area contributed by atoms with Crippen molar-refractivity contribution in [3.8, 4) is 11.4 Å². The van der Waals surface area contributed by atoms with Gasteiger partial charge in [0.1, 0.15) is 17.0 Å². The van der Waals surface area contributed by atoms with Crippen LogP contribution in [0.1, 0.15) is 34.9 Å². The summed E-state index contributed by atoms with van der Waals surface area (Å²) in [4.78, 5) is 29.7. The van der Waals surface area contributed by atoms with Crippen LogP contribution in [0.25, 0.3) is 22.4 Å². The number of morpholine rings is 1. The first-order valence-electron chi connectivity index (χ1n) is 14.6. The first-order chi connectivity index (χ1) is 21.1.